The molecule has 0 atom stereocenters. The fourth-order valence-corrected chi connectivity index (χ4v) is 3.37. The van der Waals surface area contributed by atoms with Crippen molar-refractivity contribution in [3.8, 4) is 17.2 Å². The third-order valence-corrected chi connectivity index (χ3v) is 5.44. The van der Waals surface area contributed by atoms with Crippen LogP contribution in [0, 0.1) is 27.2 Å². The van der Waals surface area contributed by atoms with Gasteiger partial charge in [-0.2, -0.15) is 5.10 Å². The lowest BCUT2D eigenvalue weighted by Crippen LogP contribution is -2.14. The fraction of sp³-hybridized carbons (Fsp3) is 0.0833. The Morgan fingerprint density at radius 3 is 2.54 bits per heavy atom. The third kappa shape index (κ3) is 6.18. The lowest BCUT2D eigenvalue weighted by Gasteiger charge is -2.10. The first-order chi connectivity index (χ1) is 17.7. The van der Waals surface area contributed by atoms with Gasteiger partial charge >= 0.3 is 5.69 Å². The summed E-state index contributed by atoms with van der Waals surface area (Å²) in [6.07, 6.45) is 1.45. The minimum atomic E-state index is -0.641. The number of hydrogen-bond donors (Lipinski definition) is 1. The van der Waals surface area contributed by atoms with Crippen molar-refractivity contribution < 1.29 is 24.1 Å². The van der Waals surface area contributed by atoms with Gasteiger partial charge in [0.05, 0.1) is 21.6 Å². The van der Waals surface area contributed by atoms with E-state index < -0.39 is 15.8 Å². The molecular weight excluding hydrogens is 506 g/mol. The van der Waals surface area contributed by atoms with Crippen LogP contribution in [0.4, 0.5) is 17.1 Å². The number of para-hydroxylation sites is 2. The average Bonchev–Trinajstić information content (AvgIpc) is 3.34. The van der Waals surface area contributed by atoms with Crippen molar-refractivity contribution >= 4 is 34.6 Å². The van der Waals surface area contributed by atoms with Crippen LogP contribution in [0.5, 0.6) is 17.2 Å². The van der Waals surface area contributed by atoms with Gasteiger partial charge in [-0.15, -0.1) is 0 Å². The highest BCUT2D eigenvalue weighted by atomic mass is 35.5. The van der Waals surface area contributed by atoms with Crippen LogP contribution in [-0.2, 0) is 6.73 Å². The summed E-state index contributed by atoms with van der Waals surface area (Å²) in [7, 11) is 0. The average molecular weight is 524 g/mol. The zero-order chi connectivity index (χ0) is 26.5. The van der Waals surface area contributed by atoms with Gasteiger partial charge in [-0.1, -0.05) is 23.7 Å². The molecule has 4 rings (SSSR count). The van der Waals surface area contributed by atoms with Crippen LogP contribution in [0.2, 0.25) is 5.02 Å². The molecule has 0 saturated carbocycles. The van der Waals surface area contributed by atoms with Gasteiger partial charge in [0.2, 0.25) is 0 Å². The highest BCUT2D eigenvalue weighted by molar-refractivity contribution is 6.31. The summed E-state index contributed by atoms with van der Waals surface area (Å²) < 4.78 is 12.5. The molecule has 0 radical (unpaired) electrons. The summed E-state index contributed by atoms with van der Waals surface area (Å²) in [6.45, 7) is 1.60. The van der Waals surface area contributed by atoms with Crippen molar-refractivity contribution in [2.75, 3.05) is 5.32 Å². The second-order valence-electron chi connectivity index (χ2n) is 7.68. The number of anilines is 1. The summed E-state index contributed by atoms with van der Waals surface area (Å²) in [5, 5.41) is 29.7. The Morgan fingerprint density at radius 2 is 1.81 bits per heavy atom. The van der Waals surface area contributed by atoms with E-state index in [1.165, 1.54) is 53.3 Å². The van der Waals surface area contributed by atoms with Crippen molar-refractivity contribution in [3.05, 3.63) is 109 Å². The zero-order valence-electron chi connectivity index (χ0n) is 19.2. The number of nitro benzene ring substituents is 2. The quantitative estimate of drug-likeness (QED) is 0.215. The summed E-state index contributed by atoms with van der Waals surface area (Å²) in [4.78, 5) is 34.1. The molecule has 0 bridgehead atoms. The van der Waals surface area contributed by atoms with E-state index in [1.807, 2.05) is 0 Å². The molecule has 3 aromatic carbocycles. The maximum Gasteiger partial charge on any atom is 0.311 e. The van der Waals surface area contributed by atoms with Crippen molar-refractivity contribution in [2.45, 2.75) is 13.7 Å². The summed E-state index contributed by atoms with van der Waals surface area (Å²) in [5.41, 5.74) is 0.380. The van der Waals surface area contributed by atoms with Crippen LogP contribution in [0.25, 0.3) is 0 Å². The third-order valence-electron chi connectivity index (χ3n) is 5.01. The molecule has 1 aromatic heterocycles. The number of aryl methyl sites for hydroxylation is 1. The number of rotatable bonds is 9. The number of amides is 1. The van der Waals surface area contributed by atoms with Gasteiger partial charge in [-0.3, -0.25) is 25.0 Å². The second-order valence-corrected chi connectivity index (χ2v) is 8.09. The van der Waals surface area contributed by atoms with Crippen LogP contribution < -0.4 is 14.8 Å². The van der Waals surface area contributed by atoms with E-state index in [9.17, 15) is 25.0 Å². The van der Waals surface area contributed by atoms with E-state index in [-0.39, 0.29) is 41.0 Å². The standard InChI is InChI=1S/C24H18ClN5O7/c1-15-10-18(6-7-20(15)25)37-19-12-16(11-17(13-19)29(32)33)26-24(31)21-8-9-28(27-21)14-36-23-5-3-2-4-22(23)30(34)35/h2-13H,14H2,1H3,(H,26,31). The fourth-order valence-electron chi connectivity index (χ4n) is 3.25. The van der Waals surface area contributed by atoms with Crippen LogP contribution >= 0.6 is 11.6 Å². The first kappa shape index (κ1) is 25.1. The Balaban J connectivity index is 1.47. The van der Waals surface area contributed by atoms with Crippen molar-refractivity contribution in [2.24, 2.45) is 0 Å². The first-order valence-electron chi connectivity index (χ1n) is 10.6. The molecule has 0 unspecified atom stereocenters. The number of carbonyl (C=O) groups is 1. The maximum atomic E-state index is 12.7. The summed E-state index contributed by atoms with van der Waals surface area (Å²) >= 11 is 6.03. The Kier molecular flexibility index (Phi) is 7.30. The topological polar surface area (TPSA) is 152 Å². The monoisotopic (exact) mass is 523 g/mol. The molecule has 13 heteroatoms. The van der Waals surface area contributed by atoms with Crippen molar-refractivity contribution in [1.29, 1.82) is 0 Å². The number of carbonyl (C=O) groups excluding carboxylic acids is 1. The lowest BCUT2D eigenvalue weighted by molar-refractivity contribution is -0.386. The summed E-state index contributed by atoms with van der Waals surface area (Å²) in [6, 6.07) is 16.1. The molecule has 0 aliphatic rings. The van der Waals surface area contributed by atoms with E-state index in [1.54, 1.807) is 31.2 Å². The molecule has 37 heavy (non-hydrogen) atoms. The SMILES string of the molecule is Cc1cc(Oc2cc(NC(=O)c3ccn(COc4ccccc4[N+](=O)[O-])n3)cc([N+](=O)[O-])c2)ccc1Cl. The van der Waals surface area contributed by atoms with E-state index in [0.717, 1.165) is 5.56 Å². The largest absolute Gasteiger partial charge is 0.464 e. The van der Waals surface area contributed by atoms with Crippen LogP contribution in [-0.4, -0.2) is 25.5 Å². The molecule has 4 aromatic rings. The number of benzene rings is 3. The molecular formula is C24H18ClN5O7. The van der Waals surface area contributed by atoms with E-state index in [0.29, 0.717) is 10.8 Å². The molecule has 0 aliphatic carbocycles. The molecule has 12 nitrogen and oxygen atoms in total. The predicted octanol–water partition coefficient (Wildman–Crippen LogP) is 5.74. The number of nitro groups is 2. The molecule has 1 amide bonds. The number of nitrogens with zero attached hydrogens (tertiary/aromatic N) is 4. The second kappa shape index (κ2) is 10.7. The van der Waals surface area contributed by atoms with Gasteiger partial charge < -0.3 is 14.8 Å². The molecule has 0 fully saturated rings. The predicted molar refractivity (Wildman–Crippen MR) is 133 cm³/mol. The number of ether oxygens (including phenoxy) is 2. The Hall–Kier alpha value is -4.97. The summed E-state index contributed by atoms with van der Waals surface area (Å²) in [5.74, 6) is -0.0427. The zero-order valence-corrected chi connectivity index (χ0v) is 19.9. The van der Waals surface area contributed by atoms with Gasteiger partial charge in [0.25, 0.3) is 11.6 Å². The van der Waals surface area contributed by atoms with Gasteiger partial charge in [-0.05, 0) is 42.8 Å². The van der Waals surface area contributed by atoms with Crippen molar-refractivity contribution in [1.82, 2.24) is 9.78 Å². The highest BCUT2D eigenvalue weighted by Gasteiger charge is 2.17. The van der Waals surface area contributed by atoms with E-state index >= 15 is 0 Å². The Labute approximate surface area is 214 Å². The van der Waals surface area contributed by atoms with Crippen LogP contribution in [0.3, 0.4) is 0 Å². The number of non-ortho nitro benzene ring substituents is 1. The molecule has 0 spiro atoms. The van der Waals surface area contributed by atoms with E-state index in [4.69, 9.17) is 21.1 Å². The smallest absolute Gasteiger partial charge is 0.311 e. The Bertz CT molecular complexity index is 1500. The van der Waals surface area contributed by atoms with Crippen molar-refractivity contribution in [3.63, 3.8) is 0 Å². The minimum absolute atomic E-state index is 0.00605. The highest BCUT2D eigenvalue weighted by Crippen LogP contribution is 2.31. The van der Waals surface area contributed by atoms with Gasteiger partial charge in [0, 0.05) is 29.4 Å². The molecule has 0 aliphatic heterocycles. The Morgan fingerprint density at radius 1 is 1.03 bits per heavy atom. The molecule has 0 saturated heterocycles. The number of halogens is 1. The van der Waals surface area contributed by atoms with Gasteiger partial charge in [0.15, 0.2) is 18.2 Å². The van der Waals surface area contributed by atoms with Gasteiger partial charge in [-0.25, -0.2) is 4.68 Å². The number of nitrogens with one attached hydrogen (secondary N) is 1. The molecule has 188 valence electrons. The van der Waals surface area contributed by atoms with Gasteiger partial charge in [0.1, 0.15) is 11.5 Å². The molecule has 1 N–H and O–H groups in total. The number of aromatic nitrogens is 2. The van der Waals surface area contributed by atoms with Crippen LogP contribution in [0.1, 0.15) is 16.1 Å². The first-order valence-corrected chi connectivity index (χ1v) is 11.0. The van der Waals surface area contributed by atoms with Crippen LogP contribution in [0.15, 0.2) is 72.9 Å². The normalized spacial score (nSPS) is 10.5. The maximum absolute atomic E-state index is 12.7. The minimum Gasteiger partial charge on any atom is -0.464 e. The lowest BCUT2D eigenvalue weighted by atomic mass is 10.2. The molecule has 1 heterocycles. The van der Waals surface area contributed by atoms with E-state index in [2.05, 4.69) is 10.4 Å². The number of hydrogen-bond acceptors (Lipinski definition) is 8.